The van der Waals surface area contributed by atoms with Gasteiger partial charge < -0.3 is 0 Å². The van der Waals surface area contributed by atoms with Gasteiger partial charge in [-0.15, -0.1) is 0 Å². The fourth-order valence-electron chi connectivity index (χ4n) is 1.53. The summed E-state index contributed by atoms with van der Waals surface area (Å²) in [6.07, 6.45) is -3.13. The summed E-state index contributed by atoms with van der Waals surface area (Å²) in [4.78, 5) is 4.03. The molecular formula is C14H10F3N. The van der Waals surface area contributed by atoms with Gasteiger partial charge in [-0.3, -0.25) is 4.99 Å². The number of para-hydroxylation sites is 1. The van der Waals surface area contributed by atoms with Gasteiger partial charge in [0.1, 0.15) is 0 Å². The van der Waals surface area contributed by atoms with E-state index in [9.17, 15) is 13.2 Å². The van der Waals surface area contributed by atoms with Gasteiger partial charge in [0.2, 0.25) is 0 Å². The van der Waals surface area contributed by atoms with Crippen LogP contribution in [0.25, 0.3) is 0 Å². The molecule has 0 N–H and O–H groups in total. The summed E-state index contributed by atoms with van der Waals surface area (Å²) in [5.41, 5.74) is 0.00742. The molecule has 0 bridgehead atoms. The summed E-state index contributed by atoms with van der Waals surface area (Å²) >= 11 is 0. The largest absolute Gasteiger partial charge is 0.417 e. The first-order valence-corrected chi connectivity index (χ1v) is 5.33. The minimum atomic E-state index is -4.36. The molecule has 92 valence electrons. The van der Waals surface area contributed by atoms with E-state index < -0.39 is 11.7 Å². The van der Waals surface area contributed by atoms with Gasteiger partial charge in [-0.1, -0.05) is 36.4 Å². The van der Waals surface area contributed by atoms with Crippen LogP contribution in [0.4, 0.5) is 18.9 Å². The molecule has 1 nitrogen and oxygen atoms in total. The average molecular weight is 249 g/mol. The molecule has 0 radical (unpaired) electrons. The summed E-state index contributed by atoms with van der Waals surface area (Å²) in [5, 5.41) is 0. The number of rotatable bonds is 2. The standard InChI is InChI=1S/C14H10F3N/c15-14(16,17)13-9-5-4-6-11(13)10-18-12-7-2-1-3-8-12/h1-10H. The van der Waals surface area contributed by atoms with E-state index in [4.69, 9.17) is 0 Å². The van der Waals surface area contributed by atoms with Gasteiger partial charge in [-0.2, -0.15) is 13.2 Å². The third-order valence-electron chi connectivity index (χ3n) is 2.38. The minimum Gasteiger partial charge on any atom is -0.256 e. The lowest BCUT2D eigenvalue weighted by atomic mass is 10.1. The second-order valence-electron chi connectivity index (χ2n) is 3.68. The van der Waals surface area contributed by atoms with Gasteiger partial charge in [-0.25, -0.2) is 0 Å². The Morgan fingerprint density at radius 3 is 2.11 bits per heavy atom. The van der Waals surface area contributed by atoms with Crippen molar-refractivity contribution in [1.82, 2.24) is 0 Å². The Balaban J connectivity index is 2.33. The molecule has 0 amide bonds. The monoisotopic (exact) mass is 249 g/mol. The molecule has 0 heterocycles. The van der Waals surface area contributed by atoms with Crippen LogP contribution in [0.3, 0.4) is 0 Å². The van der Waals surface area contributed by atoms with Crippen LogP contribution in [0.1, 0.15) is 11.1 Å². The first-order chi connectivity index (χ1) is 8.57. The van der Waals surface area contributed by atoms with E-state index in [2.05, 4.69) is 4.99 Å². The molecule has 0 aromatic heterocycles. The molecule has 0 saturated heterocycles. The Kier molecular flexibility index (Phi) is 3.46. The van der Waals surface area contributed by atoms with Gasteiger partial charge in [-0.05, 0) is 18.2 Å². The van der Waals surface area contributed by atoms with Gasteiger partial charge >= 0.3 is 6.18 Å². The summed E-state index contributed by atoms with van der Waals surface area (Å²) in [5.74, 6) is 0. The Hall–Kier alpha value is -2.10. The van der Waals surface area contributed by atoms with Crippen molar-refractivity contribution in [3.63, 3.8) is 0 Å². The smallest absolute Gasteiger partial charge is 0.256 e. The molecule has 4 heteroatoms. The van der Waals surface area contributed by atoms with Crippen molar-refractivity contribution in [1.29, 1.82) is 0 Å². The van der Waals surface area contributed by atoms with E-state index in [1.165, 1.54) is 18.3 Å². The topological polar surface area (TPSA) is 12.4 Å². The highest BCUT2D eigenvalue weighted by Crippen LogP contribution is 2.31. The molecule has 0 aliphatic rings. The molecule has 0 saturated carbocycles. The first-order valence-electron chi connectivity index (χ1n) is 5.33. The molecular weight excluding hydrogens is 239 g/mol. The molecule has 0 unspecified atom stereocenters. The molecule has 0 fully saturated rings. The third kappa shape index (κ3) is 2.97. The number of nitrogens with zero attached hydrogens (tertiary/aromatic N) is 1. The summed E-state index contributed by atoms with van der Waals surface area (Å²) < 4.78 is 38.1. The molecule has 0 aliphatic heterocycles. The number of aliphatic imine (C=N–C) groups is 1. The molecule has 0 aliphatic carbocycles. The summed E-state index contributed by atoms with van der Waals surface area (Å²) in [6.45, 7) is 0. The molecule has 0 atom stereocenters. The summed E-state index contributed by atoms with van der Waals surface area (Å²) in [7, 11) is 0. The normalized spacial score (nSPS) is 11.9. The van der Waals surface area contributed by atoms with Crippen molar-refractivity contribution in [3.05, 3.63) is 65.7 Å². The Morgan fingerprint density at radius 2 is 1.44 bits per heavy atom. The van der Waals surface area contributed by atoms with Gasteiger partial charge in [0.25, 0.3) is 0 Å². The van der Waals surface area contributed by atoms with Crippen molar-refractivity contribution >= 4 is 11.9 Å². The van der Waals surface area contributed by atoms with Crippen LogP contribution < -0.4 is 0 Å². The Bertz CT molecular complexity index is 544. The van der Waals surface area contributed by atoms with E-state index in [1.54, 1.807) is 30.3 Å². The number of benzene rings is 2. The maximum absolute atomic E-state index is 12.7. The quantitative estimate of drug-likeness (QED) is 0.697. The van der Waals surface area contributed by atoms with Crippen LogP contribution in [0.15, 0.2) is 59.6 Å². The fourth-order valence-corrected chi connectivity index (χ4v) is 1.53. The molecule has 2 rings (SSSR count). The molecule has 2 aromatic rings. The number of hydrogen-bond donors (Lipinski definition) is 0. The second-order valence-corrected chi connectivity index (χ2v) is 3.68. The van der Waals surface area contributed by atoms with Gasteiger partial charge in [0, 0.05) is 11.8 Å². The third-order valence-corrected chi connectivity index (χ3v) is 2.38. The number of alkyl halides is 3. The van der Waals surface area contributed by atoms with Crippen LogP contribution in [-0.2, 0) is 6.18 Å². The van der Waals surface area contributed by atoms with Gasteiger partial charge in [0.05, 0.1) is 11.3 Å². The van der Waals surface area contributed by atoms with Gasteiger partial charge in [0.15, 0.2) is 0 Å². The SMILES string of the molecule is FC(F)(F)c1ccccc1C=Nc1ccccc1. The van der Waals surface area contributed by atoms with Crippen molar-refractivity contribution in [2.45, 2.75) is 6.18 Å². The fraction of sp³-hybridized carbons (Fsp3) is 0.0714. The molecule has 0 spiro atoms. The zero-order chi connectivity index (χ0) is 13.0. The first kappa shape index (κ1) is 12.4. The predicted molar refractivity (Wildman–Crippen MR) is 65.1 cm³/mol. The van der Waals surface area contributed by atoms with Crippen molar-refractivity contribution in [2.24, 2.45) is 4.99 Å². The molecule has 18 heavy (non-hydrogen) atoms. The van der Waals surface area contributed by atoms with Crippen LogP contribution >= 0.6 is 0 Å². The van der Waals surface area contributed by atoms with Crippen LogP contribution in [0.5, 0.6) is 0 Å². The zero-order valence-corrected chi connectivity index (χ0v) is 9.35. The van der Waals surface area contributed by atoms with E-state index in [1.807, 2.05) is 6.07 Å². The number of hydrogen-bond acceptors (Lipinski definition) is 1. The Labute approximate surface area is 103 Å². The van der Waals surface area contributed by atoms with Crippen molar-refractivity contribution in [3.8, 4) is 0 Å². The molecule has 2 aromatic carbocycles. The van der Waals surface area contributed by atoms with E-state index in [0.717, 1.165) is 6.07 Å². The lowest BCUT2D eigenvalue weighted by Crippen LogP contribution is -2.08. The minimum absolute atomic E-state index is 0.0638. The van der Waals surface area contributed by atoms with Crippen LogP contribution in [0, 0.1) is 0 Å². The van der Waals surface area contributed by atoms with Crippen LogP contribution in [0.2, 0.25) is 0 Å². The lowest BCUT2D eigenvalue weighted by Gasteiger charge is -2.09. The lowest BCUT2D eigenvalue weighted by molar-refractivity contribution is -0.137. The average Bonchev–Trinajstić information content (AvgIpc) is 2.37. The predicted octanol–water partition coefficient (Wildman–Crippen LogP) is 4.46. The highest BCUT2D eigenvalue weighted by Gasteiger charge is 2.32. The Morgan fingerprint density at radius 1 is 0.833 bits per heavy atom. The van der Waals surface area contributed by atoms with Crippen LogP contribution in [-0.4, -0.2) is 6.21 Å². The highest BCUT2D eigenvalue weighted by atomic mass is 19.4. The van der Waals surface area contributed by atoms with E-state index in [0.29, 0.717) is 5.69 Å². The van der Waals surface area contributed by atoms with Crippen molar-refractivity contribution < 1.29 is 13.2 Å². The number of halogens is 3. The second kappa shape index (κ2) is 5.04. The highest BCUT2D eigenvalue weighted by molar-refractivity contribution is 5.84. The maximum atomic E-state index is 12.7. The van der Waals surface area contributed by atoms with Crippen molar-refractivity contribution in [2.75, 3.05) is 0 Å². The van der Waals surface area contributed by atoms with E-state index in [-0.39, 0.29) is 5.56 Å². The zero-order valence-electron chi connectivity index (χ0n) is 9.35. The maximum Gasteiger partial charge on any atom is 0.417 e. The van der Waals surface area contributed by atoms with E-state index >= 15 is 0 Å². The summed E-state index contributed by atoms with van der Waals surface area (Å²) in [6, 6.07) is 14.2.